The zero-order valence-corrected chi connectivity index (χ0v) is 25.6. The van der Waals surface area contributed by atoms with E-state index in [0.717, 1.165) is 16.7 Å². The molecule has 0 radical (unpaired) electrons. The predicted molar refractivity (Wildman–Crippen MR) is 175 cm³/mol. The van der Waals surface area contributed by atoms with Gasteiger partial charge in [0.05, 0.1) is 17.9 Å². The van der Waals surface area contributed by atoms with E-state index >= 15 is 0 Å². The zero-order valence-electron chi connectivity index (χ0n) is 25.6. The minimum Gasteiger partial charge on any atom is -0.507 e. The third-order valence-corrected chi connectivity index (χ3v) is 7.97. The van der Waals surface area contributed by atoms with E-state index in [9.17, 15) is 14.7 Å². The molecule has 1 unspecified atom stereocenters. The fraction of sp³-hybridized carbons (Fsp3) is 0.184. The number of aliphatic hydroxyl groups excluding tert-OH is 1. The van der Waals surface area contributed by atoms with Crippen LogP contribution in [0.3, 0.4) is 0 Å². The largest absolute Gasteiger partial charge is 0.507 e. The van der Waals surface area contributed by atoms with Crippen molar-refractivity contribution in [2.75, 3.05) is 6.54 Å². The summed E-state index contributed by atoms with van der Waals surface area (Å²) in [7, 11) is 0. The van der Waals surface area contributed by atoms with Crippen LogP contribution in [0.1, 0.15) is 40.3 Å². The third-order valence-electron chi connectivity index (χ3n) is 7.97. The first-order valence-electron chi connectivity index (χ1n) is 15.3. The van der Waals surface area contributed by atoms with Crippen molar-refractivity contribution in [1.82, 2.24) is 14.5 Å². The molecule has 232 valence electrons. The molecule has 1 fully saturated rings. The molecule has 1 saturated heterocycles. The van der Waals surface area contributed by atoms with E-state index in [4.69, 9.17) is 9.47 Å². The number of hydrogen-bond donors (Lipinski definition) is 1. The van der Waals surface area contributed by atoms with E-state index in [1.165, 1.54) is 0 Å². The molecule has 5 aromatic rings. The number of Topliss-reactive ketones (excluding diaryl/α,β-unsaturated/α-hetero) is 1. The second kappa shape index (κ2) is 14.0. The number of rotatable bonds is 12. The molecule has 46 heavy (non-hydrogen) atoms. The molecular formula is C38H35N3O5. The second-order valence-electron chi connectivity index (χ2n) is 11.3. The summed E-state index contributed by atoms with van der Waals surface area (Å²) in [5.41, 5.74) is 4.43. The molecule has 8 heteroatoms. The van der Waals surface area contributed by atoms with Gasteiger partial charge in [-0.3, -0.25) is 9.59 Å². The van der Waals surface area contributed by atoms with Crippen molar-refractivity contribution in [3.63, 3.8) is 0 Å². The Hall–Kier alpha value is -5.63. The molecule has 1 aliphatic rings. The van der Waals surface area contributed by atoms with Gasteiger partial charge in [0.2, 0.25) is 0 Å². The number of carbonyl (C=O) groups excluding carboxylic acids is 2. The minimum atomic E-state index is -0.761. The molecule has 1 atom stereocenters. The van der Waals surface area contributed by atoms with Crippen LogP contribution in [0, 0.1) is 6.92 Å². The number of aryl methyl sites for hydroxylation is 2. The van der Waals surface area contributed by atoms with E-state index < -0.39 is 17.7 Å². The first kappa shape index (κ1) is 30.4. The van der Waals surface area contributed by atoms with Crippen LogP contribution in [0.4, 0.5) is 0 Å². The molecule has 0 aliphatic carbocycles. The topological polar surface area (TPSA) is 93.9 Å². The van der Waals surface area contributed by atoms with Gasteiger partial charge in [-0.2, -0.15) is 0 Å². The number of imidazole rings is 1. The number of ketones is 1. The highest BCUT2D eigenvalue weighted by atomic mass is 16.5. The molecule has 0 bridgehead atoms. The van der Waals surface area contributed by atoms with E-state index in [1.54, 1.807) is 41.7 Å². The molecular weight excluding hydrogens is 578 g/mol. The molecule has 0 saturated carbocycles. The number of carbonyl (C=O) groups is 2. The van der Waals surface area contributed by atoms with E-state index in [2.05, 4.69) is 11.1 Å². The van der Waals surface area contributed by atoms with Gasteiger partial charge < -0.3 is 24.0 Å². The Labute approximate surface area is 268 Å². The maximum Gasteiger partial charge on any atom is 0.295 e. The Balaban J connectivity index is 1.25. The lowest BCUT2D eigenvalue weighted by Gasteiger charge is -2.25. The van der Waals surface area contributed by atoms with Crippen LogP contribution in [0.2, 0.25) is 0 Å². The van der Waals surface area contributed by atoms with Crippen LogP contribution in [0.25, 0.3) is 5.76 Å². The molecule has 1 aromatic heterocycles. The van der Waals surface area contributed by atoms with Crippen molar-refractivity contribution in [2.45, 2.75) is 39.1 Å². The standard InChI is InChI=1S/C38H35N3O5/c1-27-7-5-10-29(23-27)25-46-33-17-13-31(14-18-33)36(42)34-35(41(38(44)37(34)43)21-6-20-40-22-19-39-26-40)30-11-15-32(16-12-30)45-24-28-8-3-2-4-9-28/h2-5,7-19,22-23,26,35,42H,6,20-21,24-25H2,1H3/b36-34+. The lowest BCUT2D eigenvalue weighted by atomic mass is 9.95. The number of aromatic nitrogens is 2. The molecule has 0 spiro atoms. The van der Waals surface area contributed by atoms with Crippen molar-refractivity contribution in [1.29, 1.82) is 0 Å². The highest BCUT2D eigenvalue weighted by Gasteiger charge is 2.45. The highest BCUT2D eigenvalue weighted by Crippen LogP contribution is 2.40. The Morgan fingerprint density at radius 2 is 1.48 bits per heavy atom. The lowest BCUT2D eigenvalue weighted by Crippen LogP contribution is -2.31. The quantitative estimate of drug-likeness (QED) is 0.0939. The van der Waals surface area contributed by atoms with Crippen LogP contribution in [0.15, 0.2) is 127 Å². The molecule has 6 rings (SSSR count). The van der Waals surface area contributed by atoms with Crippen molar-refractivity contribution >= 4 is 17.4 Å². The van der Waals surface area contributed by atoms with Crippen molar-refractivity contribution in [3.8, 4) is 11.5 Å². The van der Waals surface area contributed by atoms with Crippen LogP contribution in [-0.2, 0) is 29.3 Å². The summed E-state index contributed by atoms with van der Waals surface area (Å²) in [6, 6.07) is 31.4. The van der Waals surface area contributed by atoms with E-state index in [-0.39, 0.29) is 11.3 Å². The van der Waals surface area contributed by atoms with Crippen molar-refractivity contribution in [3.05, 3.63) is 155 Å². The zero-order chi connectivity index (χ0) is 31.9. The average Bonchev–Trinajstić information content (AvgIpc) is 3.69. The summed E-state index contributed by atoms with van der Waals surface area (Å²) in [4.78, 5) is 32.6. The number of aliphatic hydroxyl groups is 1. The third kappa shape index (κ3) is 7.02. The van der Waals surface area contributed by atoms with Crippen LogP contribution in [-0.4, -0.2) is 37.8 Å². The fourth-order valence-electron chi connectivity index (χ4n) is 5.62. The van der Waals surface area contributed by atoms with Gasteiger partial charge in [-0.15, -0.1) is 0 Å². The first-order chi connectivity index (χ1) is 22.5. The summed E-state index contributed by atoms with van der Waals surface area (Å²) in [5.74, 6) is -0.296. The Morgan fingerprint density at radius 3 is 2.15 bits per heavy atom. The van der Waals surface area contributed by atoms with Gasteiger partial charge in [0.15, 0.2) is 0 Å². The molecule has 1 N–H and O–H groups in total. The summed E-state index contributed by atoms with van der Waals surface area (Å²) in [6.45, 7) is 3.81. The average molecular weight is 614 g/mol. The fourth-order valence-corrected chi connectivity index (χ4v) is 5.62. The van der Waals surface area contributed by atoms with Gasteiger partial charge in [0.25, 0.3) is 11.7 Å². The summed E-state index contributed by atoms with van der Waals surface area (Å²) in [5, 5.41) is 11.5. The Bertz CT molecular complexity index is 1810. The number of likely N-dealkylation sites (tertiary alicyclic amines) is 1. The summed E-state index contributed by atoms with van der Waals surface area (Å²) < 4.78 is 13.8. The summed E-state index contributed by atoms with van der Waals surface area (Å²) >= 11 is 0. The number of nitrogens with zero attached hydrogens (tertiary/aromatic N) is 3. The van der Waals surface area contributed by atoms with Crippen molar-refractivity contribution in [2.24, 2.45) is 0 Å². The van der Waals surface area contributed by atoms with Gasteiger partial charge in [-0.1, -0.05) is 72.3 Å². The Kier molecular flexibility index (Phi) is 9.24. The smallest absolute Gasteiger partial charge is 0.295 e. The van der Waals surface area contributed by atoms with Gasteiger partial charge in [-0.05, 0) is 66.4 Å². The molecule has 1 amide bonds. The van der Waals surface area contributed by atoms with Gasteiger partial charge in [0.1, 0.15) is 30.5 Å². The highest BCUT2D eigenvalue weighted by molar-refractivity contribution is 6.46. The van der Waals surface area contributed by atoms with Gasteiger partial charge in [0, 0.05) is 31.0 Å². The van der Waals surface area contributed by atoms with Gasteiger partial charge >= 0.3 is 0 Å². The predicted octanol–water partition coefficient (Wildman–Crippen LogP) is 6.86. The van der Waals surface area contributed by atoms with Crippen LogP contribution < -0.4 is 9.47 Å². The number of amides is 1. The second-order valence-corrected chi connectivity index (χ2v) is 11.3. The first-order valence-corrected chi connectivity index (χ1v) is 15.3. The summed E-state index contributed by atoms with van der Waals surface area (Å²) in [6.07, 6.45) is 5.87. The number of ether oxygens (including phenoxy) is 2. The van der Waals surface area contributed by atoms with E-state index in [0.29, 0.717) is 55.4 Å². The van der Waals surface area contributed by atoms with Crippen LogP contribution >= 0.6 is 0 Å². The maximum absolute atomic E-state index is 13.5. The normalized spacial score (nSPS) is 15.7. The number of hydrogen-bond acceptors (Lipinski definition) is 6. The molecule has 4 aromatic carbocycles. The SMILES string of the molecule is Cc1cccc(COc2ccc(/C(O)=C3\C(=O)C(=O)N(CCCn4ccnc4)C3c3ccc(OCc4ccccc4)cc3)cc2)c1. The minimum absolute atomic E-state index is 0.0546. The molecule has 8 nitrogen and oxygen atoms in total. The monoisotopic (exact) mass is 613 g/mol. The molecule has 2 heterocycles. The van der Waals surface area contributed by atoms with E-state index in [1.807, 2.05) is 90.5 Å². The molecule has 1 aliphatic heterocycles. The van der Waals surface area contributed by atoms with Crippen molar-refractivity contribution < 1.29 is 24.2 Å². The number of benzene rings is 4. The van der Waals surface area contributed by atoms with Crippen LogP contribution in [0.5, 0.6) is 11.5 Å². The lowest BCUT2D eigenvalue weighted by molar-refractivity contribution is -0.139. The van der Waals surface area contributed by atoms with Gasteiger partial charge in [-0.25, -0.2) is 4.98 Å². The Morgan fingerprint density at radius 1 is 0.804 bits per heavy atom. The maximum atomic E-state index is 13.5.